The van der Waals surface area contributed by atoms with Gasteiger partial charge in [0.05, 0.1) is 11.6 Å². The third-order valence-electron chi connectivity index (χ3n) is 5.23. The fraction of sp³-hybridized carbons (Fsp3) is 0.0400. The first-order chi connectivity index (χ1) is 16.1. The fourth-order valence-electron chi connectivity index (χ4n) is 3.67. The van der Waals surface area contributed by atoms with Crippen molar-refractivity contribution < 1.29 is 9.21 Å². The zero-order chi connectivity index (χ0) is 22.8. The molecule has 0 aliphatic carbocycles. The fourth-order valence-corrected chi connectivity index (χ4v) is 3.67. The second-order valence-corrected chi connectivity index (χ2v) is 7.56. The Hall–Kier alpha value is -4.72. The van der Waals surface area contributed by atoms with Gasteiger partial charge in [0.25, 0.3) is 0 Å². The number of carbonyl (C=O) groups is 1. The molecule has 8 heteroatoms. The monoisotopic (exact) mass is 436 g/mol. The molecule has 0 aliphatic heterocycles. The minimum absolute atomic E-state index is 0.315. The molecule has 0 saturated carbocycles. The van der Waals surface area contributed by atoms with Crippen LogP contribution >= 0.6 is 0 Å². The maximum atomic E-state index is 12.3. The summed E-state index contributed by atoms with van der Waals surface area (Å²) in [5, 5.41) is 6.38. The van der Waals surface area contributed by atoms with Gasteiger partial charge in [-0.25, -0.2) is 19.7 Å². The summed E-state index contributed by atoms with van der Waals surface area (Å²) in [4.78, 5) is 24.8. The molecule has 3 aromatic heterocycles. The molecule has 4 N–H and O–H groups in total. The lowest BCUT2D eigenvalue weighted by molar-refractivity contribution is 0.262. The van der Waals surface area contributed by atoms with E-state index in [4.69, 9.17) is 10.2 Å². The van der Waals surface area contributed by atoms with Gasteiger partial charge in [-0.2, -0.15) is 0 Å². The second-order valence-electron chi connectivity index (χ2n) is 7.56. The first kappa shape index (κ1) is 20.2. The van der Waals surface area contributed by atoms with Crippen LogP contribution in [0.15, 0.2) is 84.1 Å². The number of aryl methyl sites for hydroxylation is 1. The van der Waals surface area contributed by atoms with Gasteiger partial charge < -0.3 is 20.8 Å². The van der Waals surface area contributed by atoms with E-state index in [1.807, 2.05) is 55.5 Å². The largest absolute Gasteiger partial charge is 0.463 e. The van der Waals surface area contributed by atoms with Gasteiger partial charge in [0.1, 0.15) is 17.7 Å². The van der Waals surface area contributed by atoms with E-state index in [1.165, 1.54) is 6.33 Å². The Kier molecular flexibility index (Phi) is 5.16. The summed E-state index contributed by atoms with van der Waals surface area (Å²) in [6.07, 6.45) is 8.18. The molecule has 3 heterocycles. The standard InChI is InChI=1S/C25H20N6O2/c1-15-3-2-4-19(9-15)31-25(32)30-18-7-5-16(6-8-18)21-13-33-23-20(12-29-24(26)22(21)23)17-10-27-14-28-11-17/h2-14H,1H3,(H2,26,29)(H2,30,31,32). The third kappa shape index (κ3) is 4.09. The number of furan rings is 1. The van der Waals surface area contributed by atoms with Gasteiger partial charge in [-0.3, -0.25) is 0 Å². The first-order valence-corrected chi connectivity index (χ1v) is 10.2. The molecule has 5 aromatic rings. The average Bonchev–Trinajstić information content (AvgIpc) is 3.26. The van der Waals surface area contributed by atoms with E-state index >= 15 is 0 Å². The van der Waals surface area contributed by atoms with Crippen LogP contribution in [0.3, 0.4) is 0 Å². The van der Waals surface area contributed by atoms with Gasteiger partial charge in [0.15, 0.2) is 0 Å². The molecule has 0 unspecified atom stereocenters. The summed E-state index contributed by atoms with van der Waals surface area (Å²) in [6.45, 7) is 1.97. The normalized spacial score (nSPS) is 10.8. The number of urea groups is 1. The van der Waals surface area contributed by atoms with Gasteiger partial charge in [-0.15, -0.1) is 0 Å². The summed E-state index contributed by atoms with van der Waals surface area (Å²) in [6, 6.07) is 14.7. The number of nitrogen functional groups attached to an aromatic ring is 1. The number of hydrogen-bond donors (Lipinski definition) is 3. The number of pyridine rings is 1. The van der Waals surface area contributed by atoms with Gasteiger partial charge in [0.2, 0.25) is 0 Å². The highest BCUT2D eigenvalue weighted by Crippen LogP contribution is 2.38. The highest BCUT2D eigenvalue weighted by Gasteiger charge is 2.17. The van der Waals surface area contributed by atoms with Crippen molar-refractivity contribution in [2.24, 2.45) is 0 Å². The minimum Gasteiger partial charge on any atom is -0.463 e. The van der Waals surface area contributed by atoms with Crippen molar-refractivity contribution in [3.63, 3.8) is 0 Å². The zero-order valence-electron chi connectivity index (χ0n) is 17.7. The maximum Gasteiger partial charge on any atom is 0.323 e. The van der Waals surface area contributed by atoms with Crippen LogP contribution in [0.5, 0.6) is 0 Å². The van der Waals surface area contributed by atoms with Crippen LogP contribution in [0.1, 0.15) is 5.56 Å². The smallest absolute Gasteiger partial charge is 0.323 e. The Balaban J connectivity index is 1.40. The number of rotatable bonds is 4. The lowest BCUT2D eigenvalue weighted by Crippen LogP contribution is -2.19. The molecular weight excluding hydrogens is 416 g/mol. The lowest BCUT2D eigenvalue weighted by Gasteiger charge is -2.09. The predicted octanol–water partition coefficient (Wildman–Crippen LogP) is 5.49. The highest BCUT2D eigenvalue weighted by molar-refractivity contribution is 6.06. The molecule has 8 nitrogen and oxygen atoms in total. The molecule has 162 valence electrons. The van der Waals surface area contributed by atoms with Crippen molar-refractivity contribution in [1.82, 2.24) is 15.0 Å². The summed E-state index contributed by atoms with van der Waals surface area (Å²) in [5.74, 6) is 0.370. The van der Waals surface area contributed by atoms with Crippen molar-refractivity contribution in [3.8, 4) is 22.3 Å². The van der Waals surface area contributed by atoms with Crippen molar-refractivity contribution in [2.45, 2.75) is 6.92 Å². The van der Waals surface area contributed by atoms with E-state index in [1.54, 1.807) is 24.9 Å². The maximum absolute atomic E-state index is 12.3. The van der Waals surface area contributed by atoms with Crippen LogP contribution in [0.25, 0.3) is 33.2 Å². The van der Waals surface area contributed by atoms with Crippen molar-refractivity contribution in [2.75, 3.05) is 16.4 Å². The number of carbonyl (C=O) groups excluding carboxylic acids is 1. The quantitative estimate of drug-likeness (QED) is 0.343. The van der Waals surface area contributed by atoms with Crippen LogP contribution in [-0.4, -0.2) is 21.0 Å². The number of nitrogens with two attached hydrogens (primary N) is 1. The van der Waals surface area contributed by atoms with Crippen LogP contribution < -0.4 is 16.4 Å². The van der Waals surface area contributed by atoms with E-state index in [9.17, 15) is 4.79 Å². The van der Waals surface area contributed by atoms with E-state index in [2.05, 4.69) is 25.6 Å². The second kappa shape index (κ2) is 8.43. The Morgan fingerprint density at radius 2 is 1.67 bits per heavy atom. The molecule has 0 aliphatic rings. The summed E-state index contributed by atoms with van der Waals surface area (Å²) in [7, 11) is 0. The van der Waals surface area contributed by atoms with Crippen molar-refractivity contribution in [3.05, 3.63) is 85.3 Å². The summed E-state index contributed by atoms with van der Waals surface area (Å²) < 4.78 is 5.89. The van der Waals surface area contributed by atoms with E-state index in [0.717, 1.165) is 33.5 Å². The minimum atomic E-state index is -0.315. The Morgan fingerprint density at radius 3 is 2.42 bits per heavy atom. The molecule has 2 amide bonds. The number of hydrogen-bond acceptors (Lipinski definition) is 6. The van der Waals surface area contributed by atoms with Gasteiger partial charge >= 0.3 is 6.03 Å². The van der Waals surface area contributed by atoms with Crippen LogP contribution in [0.2, 0.25) is 0 Å². The Bertz CT molecular complexity index is 1450. The number of aromatic nitrogens is 3. The predicted molar refractivity (Wildman–Crippen MR) is 129 cm³/mol. The van der Waals surface area contributed by atoms with E-state index < -0.39 is 0 Å². The van der Waals surface area contributed by atoms with Crippen LogP contribution in [-0.2, 0) is 0 Å². The van der Waals surface area contributed by atoms with Crippen molar-refractivity contribution >= 4 is 34.2 Å². The van der Waals surface area contributed by atoms with E-state index in [0.29, 0.717) is 22.5 Å². The van der Waals surface area contributed by atoms with E-state index in [-0.39, 0.29) is 6.03 Å². The molecule has 0 bridgehead atoms. The summed E-state index contributed by atoms with van der Waals surface area (Å²) >= 11 is 0. The Morgan fingerprint density at radius 1 is 0.909 bits per heavy atom. The topological polar surface area (TPSA) is 119 Å². The molecule has 33 heavy (non-hydrogen) atoms. The third-order valence-corrected chi connectivity index (χ3v) is 5.23. The number of nitrogens with one attached hydrogen (secondary N) is 2. The molecule has 0 saturated heterocycles. The molecule has 5 rings (SSSR count). The van der Waals surface area contributed by atoms with Gasteiger partial charge in [-0.1, -0.05) is 24.3 Å². The SMILES string of the molecule is Cc1cccc(NC(=O)Nc2ccc(-c3coc4c(-c5cncnc5)cnc(N)c34)cc2)c1. The molecule has 0 spiro atoms. The number of anilines is 3. The molecule has 0 fully saturated rings. The van der Waals surface area contributed by atoms with Gasteiger partial charge in [-0.05, 0) is 42.3 Å². The number of nitrogens with zero attached hydrogens (tertiary/aromatic N) is 3. The molecular formula is C25H20N6O2. The van der Waals surface area contributed by atoms with Crippen molar-refractivity contribution in [1.29, 1.82) is 0 Å². The summed E-state index contributed by atoms with van der Waals surface area (Å²) in [5.41, 5.74) is 12.5. The van der Waals surface area contributed by atoms with Crippen LogP contribution in [0, 0.1) is 6.92 Å². The molecule has 2 aromatic carbocycles. The molecule has 0 radical (unpaired) electrons. The number of fused-ring (bicyclic) bond motifs is 1. The zero-order valence-corrected chi connectivity index (χ0v) is 17.7. The highest BCUT2D eigenvalue weighted by atomic mass is 16.3. The number of benzene rings is 2. The first-order valence-electron chi connectivity index (χ1n) is 10.2. The van der Waals surface area contributed by atoms with Crippen LogP contribution in [0.4, 0.5) is 22.0 Å². The lowest BCUT2D eigenvalue weighted by atomic mass is 10.0. The Labute approximate surface area is 189 Å². The average molecular weight is 436 g/mol. The van der Waals surface area contributed by atoms with Gasteiger partial charge in [0, 0.05) is 46.7 Å². The number of amides is 2. The molecule has 0 atom stereocenters.